The van der Waals surface area contributed by atoms with Crippen molar-refractivity contribution in [3.63, 3.8) is 0 Å². The van der Waals surface area contributed by atoms with Crippen LogP contribution < -0.4 is 5.32 Å². The van der Waals surface area contributed by atoms with Crippen molar-refractivity contribution in [1.29, 1.82) is 0 Å². The molecule has 1 aromatic heterocycles. The molecule has 17 heavy (non-hydrogen) atoms. The van der Waals surface area contributed by atoms with Gasteiger partial charge in [0, 0.05) is 24.8 Å². The summed E-state index contributed by atoms with van der Waals surface area (Å²) in [5, 5.41) is 7.54. The summed E-state index contributed by atoms with van der Waals surface area (Å²) >= 11 is 0. The highest BCUT2D eigenvalue weighted by molar-refractivity contribution is 5.79. The van der Waals surface area contributed by atoms with Gasteiger partial charge in [0.15, 0.2) is 0 Å². The van der Waals surface area contributed by atoms with Crippen LogP contribution in [0.3, 0.4) is 0 Å². The van der Waals surface area contributed by atoms with Crippen molar-refractivity contribution >= 4 is 5.97 Å². The average Bonchev–Trinajstić information content (AvgIpc) is 2.56. The molecule has 0 saturated carbocycles. The lowest BCUT2D eigenvalue weighted by atomic mass is 10.0. The maximum Gasteiger partial charge on any atom is 0.325 e. The Morgan fingerprint density at radius 2 is 2.18 bits per heavy atom. The molecule has 1 atom stereocenters. The molecular formula is C12H21N3O2. The van der Waals surface area contributed by atoms with Crippen molar-refractivity contribution in [3.05, 3.63) is 17.5 Å². The van der Waals surface area contributed by atoms with Gasteiger partial charge in [-0.3, -0.25) is 14.8 Å². The first kappa shape index (κ1) is 13.7. The molecule has 0 radical (unpaired) electrons. The van der Waals surface area contributed by atoms with Gasteiger partial charge in [-0.1, -0.05) is 0 Å². The van der Waals surface area contributed by atoms with E-state index in [1.54, 1.807) is 18.5 Å². The predicted octanol–water partition coefficient (Wildman–Crippen LogP) is 1.33. The van der Waals surface area contributed by atoms with E-state index in [1.807, 2.05) is 27.1 Å². The molecule has 0 aliphatic heterocycles. The van der Waals surface area contributed by atoms with Crippen molar-refractivity contribution in [1.82, 2.24) is 15.1 Å². The Balaban J connectivity index is 2.82. The molecule has 5 heteroatoms. The van der Waals surface area contributed by atoms with Gasteiger partial charge in [-0.2, -0.15) is 5.10 Å². The lowest BCUT2D eigenvalue weighted by Gasteiger charge is -2.27. The van der Waals surface area contributed by atoms with Crippen molar-refractivity contribution in [3.8, 4) is 0 Å². The van der Waals surface area contributed by atoms with Crippen LogP contribution in [-0.4, -0.2) is 28.4 Å². The molecule has 0 amide bonds. The van der Waals surface area contributed by atoms with Gasteiger partial charge in [0.25, 0.3) is 0 Å². The van der Waals surface area contributed by atoms with Gasteiger partial charge in [-0.25, -0.2) is 0 Å². The van der Waals surface area contributed by atoms with Crippen LogP contribution in [0.15, 0.2) is 6.20 Å². The van der Waals surface area contributed by atoms with E-state index in [2.05, 4.69) is 10.4 Å². The Hall–Kier alpha value is -1.36. The van der Waals surface area contributed by atoms with Crippen LogP contribution in [0.2, 0.25) is 0 Å². The molecule has 1 N–H and O–H groups in total. The Labute approximate surface area is 102 Å². The zero-order valence-corrected chi connectivity index (χ0v) is 11.4. The minimum atomic E-state index is -0.712. The SMILES string of the molecule is COC(=O)C(C)(C)NC(C)c1cn(C)nc1C. The molecule has 0 aromatic carbocycles. The molecule has 96 valence electrons. The van der Waals surface area contributed by atoms with Crippen LogP contribution >= 0.6 is 0 Å². The molecule has 0 aliphatic rings. The molecule has 1 heterocycles. The molecule has 0 spiro atoms. The Morgan fingerprint density at radius 3 is 2.59 bits per heavy atom. The lowest BCUT2D eigenvalue weighted by molar-refractivity contribution is -0.147. The van der Waals surface area contributed by atoms with Gasteiger partial charge in [0.1, 0.15) is 5.54 Å². The number of esters is 1. The normalized spacial score (nSPS) is 13.5. The molecular weight excluding hydrogens is 218 g/mol. The van der Waals surface area contributed by atoms with Crippen LogP contribution in [0.25, 0.3) is 0 Å². The molecule has 5 nitrogen and oxygen atoms in total. The predicted molar refractivity (Wildman–Crippen MR) is 65.6 cm³/mol. The van der Waals surface area contributed by atoms with E-state index in [0.717, 1.165) is 11.3 Å². The summed E-state index contributed by atoms with van der Waals surface area (Å²) in [4.78, 5) is 11.6. The number of carbonyl (C=O) groups excluding carboxylic acids is 1. The third-order valence-electron chi connectivity index (χ3n) is 2.79. The van der Waals surface area contributed by atoms with Crippen LogP contribution in [-0.2, 0) is 16.6 Å². The van der Waals surface area contributed by atoms with Gasteiger partial charge in [0.05, 0.1) is 12.8 Å². The topological polar surface area (TPSA) is 56.1 Å². The van der Waals surface area contributed by atoms with Crippen LogP contribution in [0.4, 0.5) is 0 Å². The number of nitrogens with zero attached hydrogens (tertiary/aromatic N) is 2. The first-order chi connectivity index (χ1) is 7.77. The standard InChI is InChI=1S/C12H21N3O2/c1-8(10-7-15(5)14-9(10)2)13-12(3,4)11(16)17-6/h7-8,13H,1-6H3. The number of ether oxygens (including phenoxy) is 1. The first-order valence-electron chi connectivity index (χ1n) is 5.64. The summed E-state index contributed by atoms with van der Waals surface area (Å²) in [6.45, 7) is 7.58. The number of hydrogen-bond donors (Lipinski definition) is 1. The highest BCUT2D eigenvalue weighted by atomic mass is 16.5. The van der Waals surface area contributed by atoms with Crippen LogP contribution in [0, 0.1) is 6.92 Å². The highest BCUT2D eigenvalue weighted by Gasteiger charge is 2.30. The fraction of sp³-hybridized carbons (Fsp3) is 0.667. The molecule has 0 aliphatic carbocycles. The van der Waals surface area contributed by atoms with E-state index in [4.69, 9.17) is 4.74 Å². The number of aryl methyl sites for hydroxylation is 2. The second-order valence-electron chi connectivity index (χ2n) is 4.83. The summed E-state index contributed by atoms with van der Waals surface area (Å²) in [6.07, 6.45) is 1.96. The molecule has 0 bridgehead atoms. The maximum atomic E-state index is 11.6. The van der Waals surface area contributed by atoms with Crippen molar-refractivity contribution in [2.24, 2.45) is 7.05 Å². The fourth-order valence-electron chi connectivity index (χ4n) is 1.98. The largest absolute Gasteiger partial charge is 0.468 e. The Kier molecular flexibility index (Phi) is 3.93. The van der Waals surface area contributed by atoms with E-state index in [0.29, 0.717) is 0 Å². The summed E-state index contributed by atoms with van der Waals surface area (Å²) in [5.74, 6) is -0.272. The van der Waals surface area contributed by atoms with Crippen LogP contribution in [0.5, 0.6) is 0 Å². The van der Waals surface area contributed by atoms with Crippen molar-refractivity contribution in [2.75, 3.05) is 7.11 Å². The third kappa shape index (κ3) is 3.06. The number of rotatable bonds is 4. The van der Waals surface area contributed by atoms with E-state index >= 15 is 0 Å². The lowest BCUT2D eigenvalue weighted by Crippen LogP contribution is -2.48. The number of carbonyl (C=O) groups is 1. The molecule has 0 fully saturated rings. The van der Waals surface area contributed by atoms with Gasteiger partial charge < -0.3 is 4.74 Å². The summed E-state index contributed by atoms with van der Waals surface area (Å²) in [5.41, 5.74) is 1.34. The average molecular weight is 239 g/mol. The third-order valence-corrected chi connectivity index (χ3v) is 2.79. The number of nitrogens with one attached hydrogen (secondary N) is 1. The van der Waals surface area contributed by atoms with E-state index in [9.17, 15) is 4.79 Å². The fourth-order valence-corrected chi connectivity index (χ4v) is 1.98. The second-order valence-corrected chi connectivity index (χ2v) is 4.83. The zero-order chi connectivity index (χ0) is 13.2. The monoisotopic (exact) mass is 239 g/mol. The van der Waals surface area contributed by atoms with E-state index in [1.165, 1.54) is 7.11 Å². The summed E-state index contributed by atoms with van der Waals surface area (Å²) in [6, 6.07) is 0.0396. The summed E-state index contributed by atoms with van der Waals surface area (Å²) < 4.78 is 6.54. The molecule has 1 unspecified atom stereocenters. The molecule has 1 aromatic rings. The number of hydrogen-bond acceptors (Lipinski definition) is 4. The Morgan fingerprint density at radius 1 is 1.59 bits per heavy atom. The smallest absolute Gasteiger partial charge is 0.325 e. The molecule has 0 saturated heterocycles. The summed E-state index contributed by atoms with van der Waals surface area (Å²) in [7, 11) is 3.28. The van der Waals surface area contributed by atoms with E-state index < -0.39 is 5.54 Å². The van der Waals surface area contributed by atoms with Crippen molar-refractivity contribution in [2.45, 2.75) is 39.3 Å². The van der Waals surface area contributed by atoms with Crippen molar-refractivity contribution < 1.29 is 9.53 Å². The van der Waals surface area contributed by atoms with Gasteiger partial charge in [-0.05, 0) is 27.7 Å². The van der Waals surface area contributed by atoms with Gasteiger partial charge in [-0.15, -0.1) is 0 Å². The zero-order valence-electron chi connectivity index (χ0n) is 11.4. The van der Waals surface area contributed by atoms with Gasteiger partial charge in [0.2, 0.25) is 0 Å². The van der Waals surface area contributed by atoms with E-state index in [-0.39, 0.29) is 12.0 Å². The first-order valence-corrected chi connectivity index (χ1v) is 5.64. The minimum absolute atomic E-state index is 0.0396. The number of methoxy groups -OCH3 is 1. The molecule has 1 rings (SSSR count). The van der Waals surface area contributed by atoms with Gasteiger partial charge >= 0.3 is 5.97 Å². The second kappa shape index (κ2) is 4.87. The minimum Gasteiger partial charge on any atom is -0.468 e. The van der Waals surface area contributed by atoms with Crippen LogP contribution in [0.1, 0.15) is 38.1 Å². The quantitative estimate of drug-likeness (QED) is 0.805. The Bertz CT molecular complexity index is 410. The number of aromatic nitrogens is 2. The maximum absolute atomic E-state index is 11.6. The highest BCUT2D eigenvalue weighted by Crippen LogP contribution is 2.19.